The van der Waals surface area contributed by atoms with Crippen LogP contribution in [0.5, 0.6) is 0 Å². The fraction of sp³-hybridized carbons (Fsp3) is 0.0588. The number of ether oxygens (including phenoxy) is 1. The van der Waals surface area contributed by atoms with E-state index in [-0.39, 0.29) is 16.5 Å². The maximum Gasteiger partial charge on any atom is 0.350 e. The Kier molecular flexibility index (Phi) is 4.51. The molecule has 0 radical (unpaired) electrons. The van der Waals surface area contributed by atoms with Crippen LogP contribution in [-0.4, -0.2) is 11.9 Å². The summed E-state index contributed by atoms with van der Waals surface area (Å²) in [6.07, 6.45) is 0. The molecule has 3 aromatic rings. The zero-order chi connectivity index (χ0) is 17.3. The minimum atomic E-state index is -0.583. The molecule has 1 heterocycles. The maximum atomic E-state index is 13.3. The molecule has 2 N–H and O–H groups in total. The predicted octanol–water partition coefficient (Wildman–Crippen LogP) is 4.15. The quantitative estimate of drug-likeness (QED) is 0.708. The molecular formula is C17H11ClFNO3S. The topological polar surface area (TPSA) is 69.4 Å². The van der Waals surface area contributed by atoms with E-state index in [4.69, 9.17) is 22.1 Å². The molecule has 1 amide bonds. The first-order valence-electron chi connectivity index (χ1n) is 6.89. The molecule has 0 saturated heterocycles. The van der Waals surface area contributed by atoms with Gasteiger partial charge in [0.2, 0.25) is 5.91 Å². The van der Waals surface area contributed by atoms with Gasteiger partial charge in [0.25, 0.3) is 0 Å². The van der Waals surface area contributed by atoms with Gasteiger partial charge < -0.3 is 10.5 Å². The van der Waals surface area contributed by atoms with Crippen molar-refractivity contribution in [1.29, 1.82) is 0 Å². The first-order chi connectivity index (χ1) is 11.5. The number of hydrogen-bond acceptors (Lipinski definition) is 4. The van der Waals surface area contributed by atoms with Crippen LogP contribution in [-0.2, 0) is 11.3 Å². The second kappa shape index (κ2) is 6.59. The Balaban J connectivity index is 1.75. The highest BCUT2D eigenvalue weighted by Gasteiger charge is 2.19. The van der Waals surface area contributed by atoms with Gasteiger partial charge in [-0.15, -0.1) is 11.3 Å². The van der Waals surface area contributed by atoms with E-state index < -0.39 is 17.7 Å². The molecule has 0 atom stereocenters. The van der Waals surface area contributed by atoms with E-state index in [1.807, 2.05) is 0 Å². The zero-order valence-electron chi connectivity index (χ0n) is 12.2. The van der Waals surface area contributed by atoms with Gasteiger partial charge in [0, 0.05) is 15.6 Å². The number of hydrogen-bond donors (Lipinski definition) is 1. The van der Waals surface area contributed by atoms with Crippen molar-refractivity contribution in [3.63, 3.8) is 0 Å². The van der Waals surface area contributed by atoms with Crippen LogP contribution in [0.1, 0.15) is 25.6 Å². The lowest BCUT2D eigenvalue weighted by Gasteiger charge is -2.04. The van der Waals surface area contributed by atoms with Crippen LogP contribution in [0.3, 0.4) is 0 Å². The molecule has 122 valence electrons. The summed E-state index contributed by atoms with van der Waals surface area (Å²) in [6, 6.07) is 10.6. The van der Waals surface area contributed by atoms with Crippen LogP contribution in [0.15, 0.2) is 42.5 Å². The van der Waals surface area contributed by atoms with E-state index >= 15 is 0 Å². The number of halogens is 2. The fourth-order valence-electron chi connectivity index (χ4n) is 2.15. The van der Waals surface area contributed by atoms with Gasteiger partial charge in [-0.25, -0.2) is 9.18 Å². The summed E-state index contributed by atoms with van der Waals surface area (Å²) in [5.41, 5.74) is 6.24. The monoisotopic (exact) mass is 363 g/mol. The molecule has 2 aromatic carbocycles. The van der Waals surface area contributed by atoms with Crippen LogP contribution in [0, 0.1) is 5.82 Å². The van der Waals surface area contributed by atoms with Gasteiger partial charge in [0.15, 0.2) is 0 Å². The molecule has 24 heavy (non-hydrogen) atoms. The van der Waals surface area contributed by atoms with Gasteiger partial charge in [-0.2, -0.15) is 0 Å². The standard InChI is InChI=1S/C17H11ClFNO3S/c18-14-12-6-5-11(19)7-13(12)24-15(14)17(22)23-8-9-1-3-10(4-2-9)16(20)21/h1-7H,8H2,(H2,20,21). The van der Waals surface area contributed by atoms with E-state index in [0.717, 1.165) is 11.3 Å². The number of thiophene rings is 1. The van der Waals surface area contributed by atoms with E-state index in [9.17, 15) is 14.0 Å². The van der Waals surface area contributed by atoms with Crippen molar-refractivity contribution in [2.24, 2.45) is 5.73 Å². The molecule has 0 saturated carbocycles. The van der Waals surface area contributed by atoms with Crippen LogP contribution >= 0.6 is 22.9 Å². The van der Waals surface area contributed by atoms with Gasteiger partial charge in [-0.05, 0) is 35.9 Å². The van der Waals surface area contributed by atoms with E-state index in [1.54, 1.807) is 24.3 Å². The Morgan fingerprint density at radius 3 is 2.54 bits per heavy atom. The number of carbonyl (C=O) groups is 2. The maximum absolute atomic E-state index is 13.3. The third-order valence-corrected chi connectivity index (χ3v) is 5.02. The molecular weight excluding hydrogens is 353 g/mol. The third kappa shape index (κ3) is 3.25. The molecule has 1 aromatic heterocycles. The molecule has 0 unspecified atom stereocenters. The largest absolute Gasteiger partial charge is 0.457 e. The minimum Gasteiger partial charge on any atom is -0.457 e. The summed E-state index contributed by atoms with van der Waals surface area (Å²) < 4.78 is 19.1. The fourth-order valence-corrected chi connectivity index (χ4v) is 3.58. The van der Waals surface area contributed by atoms with Crippen LogP contribution in [0.25, 0.3) is 10.1 Å². The Morgan fingerprint density at radius 1 is 1.17 bits per heavy atom. The molecule has 0 aliphatic rings. The van der Waals surface area contributed by atoms with E-state index in [0.29, 0.717) is 21.2 Å². The molecule has 0 fully saturated rings. The molecule has 4 nitrogen and oxygen atoms in total. The number of nitrogens with two attached hydrogens (primary N) is 1. The van der Waals surface area contributed by atoms with Crippen molar-refractivity contribution in [2.75, 3.05) is 0 Å². The molecule has 0 aliphatic heterocycles. The van der Waals surface area contributed by atoms with Gasteiger partial charge in [-0.3, -0.25) is 4.79 Å². The molecule has 0 bridgehead atoms. The molecule has 3 rings (SSSR count). The average molecular weight is 364 g/mol. The Morgan fingerprint density at radius 2 is 1.88 bits per heavy atom. The van der Waals surface area contributed by atoms with Crippen molar-refractivity contribution in [1.82, 2.24) is 0 Å². The van der Waals surface area contributed by atoms with Gasteiger partial charge >= 0.3 is 5.97 Å². The average Bonchev–Trinajstić information content (AvgIpc) is 2.89. The smallest absolute Gasteiger partial charge is 0.350 e. The second-order valence-electron chi connectivity index (χ2n) is 5.02. The summed E-state index contributed by atoms with van der Waals surface area (Å²) in [7, 11) is 0. The van der Waals surface area contributed by atoms with E-state index in [2.05, 4.69) is 0 Å². The summed E-state index contributed by atoms with van der Waals surface area (Å²) in [4.78, 5) is 23.4. The highest BCUT2D eigenvalue weighted by atomic mass is 35.5. The number of carbonyl (C=O) groups excluding carboxylic acids is 2. The first kappa shape index (κ1) is 16.4. The summed E-state index contributed by atoms with van der Waals surface area (Å²) in [5.74, 6) is -1.50. The summed E-state index contributed by atoms with van der Waals surface area (Å²) in [6.45, 7) is 0.0246. The highest BCUT2D eigenvalue weighted by Crippen LogP contribution is 2.36. The Bertz CT molecular complexity index is 937. The highest BCUT2D eigenvalue weighted by molar-refractivity contribution is 7.21. The van der Waals surface area contributed by atoms with Crippen molar-refractivity contribution in [3.05, 3.63) is 69.3 Å². The number of fused-ring (bicyclic) bond motifs is 1. The molecule has 7 heteroatoms. The minimum absolute atomic E-state index is 0.0246. The van der Waals surface area contributed by atoms with Gasteiger partial charge in [-0.1, -0.05) is 23.7 Å². The van der Waals surface area contributed by atoms with Gasteiger partial charge in [0.1, 0.15) is 17.3 Å². The lowest BCUT2D eigenvalue weighted by molar-refractivity contribution is 0.0478. The second-order valence-corrected chi connectivity index (χ2v) is 6.45. The molecule has 0 spiro atoms. The van der Waals surface area contributed by atoms with Crippen molar-refractivity contribution < 1.29 is 18.7 Å². The zero-order valence-corrected chi connectivity index (χ0v) is 13.8. The van der Waals surface area contributed by atoms with Crippen LogP contribution < -0.4 is 5.73 Å². The lowest BCUT2D eigenvalue weighted by Crippen LogP contribution is -2.10. The lowest BCUT2D eigenvalue weighted by atomic mass is 10.1. The Hall–Kier alpha value is -2.44. The number of amides is 1. The molecule has 0 aliphatic carbocycles. The van der Waals surface area contributed by atoms with Crippen molar-refractivity contribution in [3.8, 4) is 0 Å². The van der Waals surface area contributed by atoms with Crippen molar-refractivity contribution in [2.45, 2.75) is 6.61 Å². The third-order valence-electron chi connectivity index (χ3n) is 3.39. The first-order valence-corrected chi connectivity index (χ1v) is 8.08. The number of benzene rings is 2. The normalized spacial score (nSPS) is 10.8. The number of primary amides is 1. The Labute approximate surface area is 145 Å². The van der Waals surface area contributed by atoms with Crippen LogP contribution in [0.4, 0.5) is 4.39 Å². The number of rotatable bonds is 4. The summed E-state index contributed by atoms with van der Waals surface area (Å²) >= 11 is 7.26. The van der Waals surface area contributed by atoms with Gasteiger partial charge in [0.05, 0.1) is 5.02 Å². The van der Waals surface area contributed by atoms with Crippen LogP contribution in [0.2, 0.25) is 5.02 Å². The predicted molar refractivity (Wildman–Crippen MR) is 90.9 cm³/mol. The van der Waals surface area contributed by atoms with E-state index in [1.165, 1.54) is 18.2 Å². The number of esters is 1. The SMILES string of the molecule is NC(=O)c1ccc(COC(=O)c2sc3cc(F)ccc3c2Cl)cc1. The van der Waals surface area contributed by atoms with Crippen molar-refractivity contribution >= 4 is 44.9 Å². The summed E-state index contributed by atoms with van der Waals surface area (Å²) in [5, 5.41) is 0.866.